The second kappa shape index (κ2) is 10.7. The van der Waals surface area contributed by atoms with Crippen molar-refractivity contribution in [3.63, 3.8) is 0 Å². The molecule has 11 heteroatoms. The number of oxazole rings is 1. The van der Waals surface area contributed by atoms with Gasteiger partial charge in [0.25, 0.3) is 0 Å². The zero-order valence-electron chi connectivity index (χ0n) is 20.4. The van der Waals surface area contributed by atoms with Crippen LogP contribution in [0.3, 0.4) is 0 Å². The van der Waals surface area contributed by atoms with Crippen LogP contribution in [0.5, 0.6) is 0 Å². The average Bonchev–Trinajstić information content (AvgIpc) is 3.47. The highest BCUT2D eigenvalue weighted by atomic mass is 32.2. The van der Waals surface area contributed by atoms with Crippen molar-refractivity contribution >= 4 is 33.2 Å². The fraction of sp³-hybridized carbons (Fsp3) is 0.269. The summed E-state index contributed by atoms with van der Waals surface area (Å²) in [5.41, 5.74) is 4.05. The first-order valence-corrected chi connectivity index (χ1v) is 13.7. The van der Waals surface area contributed by atoms with Gasteiger partial charge < -0.3 is 19.7 Å². The molecule has 10 nitrogen and oxygen atoms in total. The van der Waals surface area contributed by atoms with E-state index in [0.717, 1.165) is 28.2 Å². The topological polar surface area (TPSA) is 125 Å². The third-order valence-corrected chi connectivity index (χ3v) is 8.09. The van der Waals surface area contributed by atoms with Gasteiger partial charge in [0.15, 0.2) is 12.2 Å². The van der Waals surface area contributed by atoms with E-state index >= 15 is 0 Å². The maximum absolute atomic E-state index is 12.7. The fourth-order valence-electron chi connectivity index (χ4n) is 4.34. The van der Waals surface area contributed by atoms with Gasteiger partial charge in [0.05, 0.1) is 24.3 Å². The van der Waals surface area contributed by atoms with Crippen LogP contribution in [0.1, 0.15) is 18.2 Å². The fourth-order valence-corrected chi connectivity index (χ4v) is 5.40. The molecule has 0 radical (unpaired) electrons. The van der Waals surface area contributed by atoms with Crippen molar-refractivity contribution in [3.05, 3.63) is 78.4 Å². The van der Waals surface area contributed by atoms with Gasteiger partial charge in [-0.3, -0.25) is 0 Å². The zero-order valence-corrected chi connectivity index (χ0v) is 21.2. The molecule has 0 fully saturated rings. The molecule has 5 rings (SSSR count). The third kappa shape index (κ3) is 5.33. The van der Waals surface area contributed by atoms with Crippen LogP contribution >= 0.6 is 0 Å². The van der Waals surface area contributed by atoms with E-state index in [9.17, 15) is 13.5 Å². The number of nitrogens with zero attached hydrogens (tertiary/aromatic N) is 5. The van der Waals surface area contributed by atoms with E-state index in [4.69, 9.17) is 14.4 Å². The molecule has 0 aliphatic carbocycles. The molecule has 0 saturated heterocycles. The summed E-state index contributed by atoms with van der Waals surface area (Å²) in [4.78, 5) is 15.5. The van der Waals surface area contributed by atoms with Crippen molar-refractivity contribution in [1.29, 1.82) is 0 Å². The second-order valence-electron chi connectivity index (χ2n) is 8.56. The van der Waals surface area contributed by atoms with Crippen molar-refractivity contribution < 1.29 is 17.9 Å². The molecule has 0 atom stereocenters. The van der Waals surface area contributed by atoms with E-state index in [0.29, 0.717) is 37.0 Å². The van der Waals surface area contributed by atoms with Crippen LogP contribution in [0, 0.1) is 0 Å². The second-order valence-corrected chi connectivity index (χ2v) is 10.8. The molecule has 1 aliphatic heterocycles. The summed E-state index contributed by atoms with van der Waals surface area (Å²) in [5.74, 6) is 1.67. The van der Waals surface area contributed by atoms with Crippen molar-refractivity contribution in [2.75, 3.05) is 35.7 Å². The minimum Gasteiger partial charge on any atom is -0.444 e. The van der Waals surface area contributed by atoms with Crippen molar-refractivity contribution in [2.24, 2.45) is 0 Å². The van der Waals surface area contributed by atoms with Crippen molar-refractivity contribution in [1.82, 2.24) is 19.3 Å². The molecule has 0 bridgehead atoms. The van der Waals surface area contributed by atoms with E-state index in [1.54, 1.807) is 13.1 Å². The van der Waals surface area contributed by atoms with E-state index in [-0.39, 0.29) is 18.9 Å². The summed E-state index contributed by atoms with van der Waals surface area (Å²) in [6, 6.07) is 17.2. The number of aliphatic hydroxyl groups is 1. The van der Waals surface area contributed by atoms with Crippen LogP contribution in [0.4, 0.5) is 23.1 Å². The summed E-state index contributed by atoms with van der Waals surface area (Å²) < 4.78 is 32.2. The van der Waals surface area contributed by atoms with E-state index in [1.807, 2.05) is 59.5 Å². The smallest absolute Gasteiger partial charge is 0.229 e. The molecule has 2 aromatic carbocycles. The Morgan fingerprint density at radius 1 is 1.11 bits per heavy atom. The number of fused-ring (bicyclic) bond motifs is 1. The third-order valence-electron chi connectivity index (χ3n) is 6.27. The molecule has 0 unspecified atom stereocenters. The summed E-state index contributed by atoms with van der Waals surface area (Å²) in [7, 11) is -3.38. The van der Waals surface area contributed by atoms with Crippen LogP contribution in [0.15, 0.2) is 71.6 Å². The van der Waals surface area contributed by atoms with Crippen LogP contribution < -0.4 is 10.2 Å². The molecule has 0 spiro atoms. The van der Waals surface area contributed by atoms with E-state index in [2.05, 4.69) is 10.3 Å². The van der Waals surface area contributed by atoms with Gasteiger partial charge in [0.2, 0.25) is 16.0 Å². The number of nitrogens with one attached hydrogen (secondary N) is 1. The SMILES string of the molecule is CCS(=O)(=O)N1CCc2nc(Nc3ccc(-c4cnco4)cc3)nc(N(CCO)c3ccccc3)c2C1. The lowest BCUT2D eigenvalue weighted by molar-refractivity contribution is 0.305. The first-order valence-electron chi connectivity index (χ1n) is 12.1. The number of anilines is 4. The lowest BCUT2D eigenvalue weighted by atomic mass is 10.1. The standard InChI is InChI=1S/C26H28N6O4S/c1-2-37(34,35)31-13-12-23-22(17-31)25(32(14-15-33)21-6-4-3-5-7-21)30-26(29-23)28-20-10-8-19(9-11-20)24-16-27-18-36-24/h3-11,16,18,33H,2,12-15,17H2,1H3,(H,28,29,30). The number of hydrogen-bond acceptors (Lipinski definition) is 9. The van der Waals surface area contributed by atoms with Crippen LogP contribution in [-0.2, 0) is 23.0 Å². The highest BCUT2D eigenvalue weighted by Gasteiger charge is 2.31. The van der Waals surface area contributed by atoms with Crippen molar-refractivity contribution in [2.45, 2.75) is 19.9 Å². The molecule has 4 aromatic rings. The van der Waals surface area contributed by atoms with E-state index < -0.39 is 10.0 Å². The molecular weight excluding hydrogens is 492 g/mol. The first-order chi connectivity index (χ1) is 18.0. The van der Waals surface area contributed by atoms with Gasteiger partial charge in [-0.1, -0.05) is 18.2 Å². The summed E-state index contributed by atoms with van der Waals surface area (Å²) in [5, 5.41) is 13.2. The molecule has 192 valence electrons. The van der Waals surface area contributed by atoms with Gasteiger partial charge >= 0.3 is 0 Å². The molecule has 2 aromatic heterocycles. The van der Waals surface area contributed by atoms with Gasteiger partial charge in [-0.05, 0) is 43.3 Å². The van der Waals surface area contributed by atoms with Gasteiger partial charge in [-0.15, -0.1) is 0 Å². The Bertz CT molecular complexity index is 1440. The average molecular weight is 521 g/mol. The Labute approximate surface area is 215 Å². The summed E-state index contributed by atoms with van der Waals surface area (Å²) in [6.07, 6.45) is 3.51. The minimum absolute atomic E-state index is 0.0290. The number of para-hydroxylation sites is 1. The maximum atomic E-state index is 12.7. The number of rotatable bonds is 9. The van der Waals surface area contributed by atoms with Gasteiger partial charge in [-0.2, -0.15) is 9.29 Å². The van der Waals surface area contributed by atoms with Crippen LogP contribution in [0.2, 0.25) is 0 Å². The summed E-state index contributed by atoms with van der Waals surface area (Å²) >= 11 is 0. The van der Waals surface area contributed by atoms with Crippen molar-refractivity contribution in [3.8, 4) is 11.3 Å². The number of benzene rings is 2. The molecular formula is C26H28N6O4S. The van der Waals surface area contributed by atoms with Gasteiger partial charge in [-0.25, -0.2) is 18.4 Å². The zero-order chi connectivity index (χ0) is 25.8. The quantitative estimate of drug-likeness (QED) is 0.340. The largest absolute Gasteiger partial charge is 0.444 e. The Morgan fingerprint density at radius 3 is 2.57 bits per heavy atom. The molecule has 2 N–H and O–H groups in total. The Balaban J connectivity index is 1.54. The van der Waals surface area contributed by atoms with Gasteiger partial charge in [0.1, 0.15) is 5.82 Å². The highest BCUT2D eigenvalue weighted by Crippen LogP contribution is 2.34. The molecule has 0 saturated carbocycles. The molecule has 3 heterocycles. The Morgan fingerprint density at radius 2 is 1.89 bits per heavy atom. The Kier molecular flexibility index (Phi) is 7.17. The number of aromatic nitrogens is 3. The van der Waals surface area contributed by atoms with E-state index in [1.165, 1.54) is 10.7 Å². The molecule has 0 amide bonds. The molecule has 1 aliphatic rings. The monoisotopic (exact) mass is 520 g/mol. The highest BCUT2D eigenvalue weighted by molar-refractivity contribution is 7.89. The first kappa shape index (κ1) is 24.9. The number of sulfonamides is 1. The predicted octanol–water partition coefficient (Wildman–Crippen LogP) is 3.71. The predicted molar refractivity (Wildman–Crippen MR) is 141 cm³/mol. The maximum Gasteiger partial charge on any atom is 0.229 e. The number of aliphatic hydroxyl groups excluding tert-OH is 1. The lowest BCUT2D eigenvalue weighted by Crippen LogP contribution is -2.38. The Hall–Kier alpha value is -3.80. The normalized spacial score (nSPS) is 13.8. The van der Waals surface area contributed by atoms with Crippen LogP contribution in [0.25, 0.3) is 11.3 Å². The molecule has 37 heavy (non-hydrogen) atoms. The van der Waals surface area contributed by atoms with Gasteiger partial charge in [0, 0.05) is 48.6 Å². The van der Waals surface area contributed by atoms with Crippen LogP contribution in [-0.4, -0.2) is 58.2 Å². The summed E-state index contributed by atoms with van der Waals surface area (Å²) in [6.45, 7) is 2.37. The lowest BCUT2D eigenvalue weighted by Gasteiger charge is -2.32. The minimum atomic E-state index is -3.38. The number of hydrogen-bond donors (Lipinski definition) is 2.